The Balaban J connectivity index is 2.56. The minimum Gasteiger partial charge on any atom is -0.496 e. The first-order valence-electron chi connectivity index (χ1n) is 5.98. The van der Waals surface area contributed by atoms with Gasteiger partial charge in [-0.3, -0.25) is 0 Å². The fraction of sp³-hybridized carbons (Fsp3) is 0.200. The van der Waals surface area contributed by atoms with E-state index in [9.17, 15) is 0 Å². The average molecular weight is 502 g/mol. The van der Waals surface area contributed by atoms with Crippen LogP contribution in [0, 0.1) is 3.57 Å². The molecular weight excluding hydrogens is 490 g/mol. The lowest BCUT2D eigenvalue weighted by atomic mass is 10.0. The molecule has 112 valence electrons. The number of hydrogen-bond acceptors (Lipinski definition) is 2. The first kappa shape index (κ1) is 17.2. The maximum absolute atomic E-state index is 6.66. The molecule has 2 aromatic rings. The van der Waals surface area contributed by atoms with Crippen LogP contribution in [0.1, 0.15) is 16.5 Å². The van der Waals surface area contributed by atoms with E-state index in [1.807, 2.05) is 30.3 Å². The average Bonchev–Trinajstić information content (AvgIpc) is 2.48. The standard InChI is InChI=1S/C15H12BrCl2IO2/c1-20-13-7-11(16)14(21-2)6-10(13)15(18)9-5-8(17)3-4-12(9)19/h3-7,15H,1-2H3. The summed E-state index contributed by atoms with van der Waals surface area (Å²) in [7, 11) is 3.23. The summed E-state index contributed by atoms with van der Waals surface area (Å²) < 4.78 is 12.6. The van der Waals surface area contributed by atoms with Gasteiger partial charge in [-0.05, 0) is 74.4 Å². The number of hydrogen-bond donors (Lipinski definition) is 0. The van der Waals surface area contributed by atoms with Gasteiger partial charge in [-0.2, -0.15) is 0 Å². The minimum absolute atomic E-state index is 0.382. The molecule has 0 amide bonds. The second kappa shape index (κ2) is 7.40. The monoisotopic (exact) mass is 500 g/mol. The third kappa shape index (κ3) is 3.78. The highest BCUT2D eigenvalue weighted by Crippen LogP contribution is 2.42. The third-order valence-electron chi connectivity index (χ3n) is 3.01. The summed E-state index contributed by atoms with van der Waals surface area (Å²) in [6.45, 7) is 0. The molecule has 0 spiro atoms. The summed E-state index contributed by atoms with van der Waals surface area (Å²) in [6, 6.07) is 9.37. The van der Waals surface area contributed by atoms with Gasteiger partial charge in [0.1, 0.15) is 11.5 Å². The number of benzene rings is 2. The SMILES string of the molecule is COc1cc(C(Cl)c2cc(Cl)ccc2I)c(OC)cc1Br. The van der Waals surface area contributed by atoms with E-state index in [0.717, 1.165) is 19.2 Å². The van der Waals surface area contributed by atoms with Crippen LogP contribution in [0.2, 0.25) is 5.02 Å². The van der Waals surface area contributed by atoms with E-state index >= 15 is 0 Å². The number of ether oxygens (including phenoxy) is 2. The summed E-state index contributed by atoms with van der Waals surface area (Å²) in [6.07, 6.45) is 0. The van der Waals surface area contributed by atoms with Crippen LogP contribution < -0.4 is 9.47 Å². The molecule has 2 rings (SSSR count). The topological polar surface area (TPSA) is 18.5 Å². The zero-order valence-corrected chi connectivity index (χ0v) is 16.5. The van der Waals surface area contributed by atoms with Crippen molar-refractivity contribution in [2.75, 3.05) is 14.2 Å². The Morgan fingerprint density at radius 2 is 1.71 bits per heavy atom. The van der Waals surface area contributed by atoms with Crippen molar-refractivity contribution in [3.63, 3.8) is 0 Å². The Kier molecular flexibility index (Phi) is 6.05. The number of halogens is 4. The molecule has 0 aliphatic carbocycles. The molecule has 0 heterocycles. The first-order valence-corrected chi connectivity index (χ1v) is 8.67. The van der Waals surface area contributed by atoms with Crippen LogP contribution in [0.3, 0.4) is 0 Å². The van der Waals surface area contributed by atoms with E-state index < -0.39 is 0 Å². The van der Waals surface area contributed by atoms with Gasteiger partial charge in [0.2, 0.25) is 0 Å². The van der Waals surface area contributed by atoms with Gasteiger partial charge in [0.15, 0.2) is 0 Å². The molecule has 0 N–H and O–H groups in total. The summed E-state index contributed by atoms with van der Waals surface area (Å²) in [5, 5.41) is 0.270. The van der Waals surface area contributed by atoms with E-state index in [4.69, 9.17) is 32.7 Å². The van der Waals surface area contributed by atoms with Crippen LogP contribution >= 0.6 is 61.7 Å². The molecule has 0 bridgehead atoms. The predicted octanol–water partition coefficient (Wildman–Crippen LogP) is 6.05. The van der Waals surface area contributed by atoms with Gasteiger partial charge in [-0.15, -0.1) is 11.6 Å². The maximum atomic E-state index is 6.66. The second-order valence-electron chi connectivity index (χ2n) is 4.26. The van der Waals surface area contributed by atoms with E-state index in [-0.39, 0.29) is 5.38 Å². The van der Waals surface area contributed by atoms with Gasteiger partial charge in [0.05, 0.1) is 24.1 Å². The molecule has 21 heavy (non-hydrogen) atoms. The first-order chi connectivity index (χ1) is 9.97. The molecular formula is C15H12BrCl2IO2. The van der Waals surface area contributed by atoms with Crippen molar-refractivity contribution >= 4 is 61.7 Å². The normalized spacial score (nSPS) is 12.1. The largest absolute Gasteiger partial charge is 0.496 e. The summed E-state index contributed by atoms with van der Waals surface area (Å²) >= 11 is 18.4. The third-order valence-corrected chi connectivity index (χ3v) is 5.32. The molecule has 2 aromatic carbocycles. The zero-order valence-electron chi connectivity index (χ0n) is 11.3. The van der Waals surface area contributed by atoms with Gasteiger partial charge in [-0.25, -0.2) is 0 Å². The van der Waals surface area contributed by atoms with Crippen molar-refractivity contribution in [2.45, 2.75) is 5.38 Å². The Bertz CT molecular complexity index is 664. The molecule has 1 atom stereocenters. The van der Waals surface area contributed by atoms with Crippen molar-refractivity contribution in [1.82, 2.24) is 0 Å². The highest BCUT2D eigenvalue weighted by molar-refractivity contribution is 14.1. The molecule has 0 saturated carbocycles. The van der Waals surface area contributed by atoms with E-state index in [1.165, 1.54) is 0 Å². The van der Waals surface area contributed by atoms with Gasteiger partial charge in [0, 0.05) is 14.2 Å². The summed E-state index contributed by atoms with van der Waals surface area (Å²) in [5.74, 6) is 1.40. The minimum atomic E-state index is -0.382. The molecule has 0 radical (unpaired) electrons. The maximum Gasteiger partial charge on any atom is 0.133 e. The van der Waals surface area contributed by atoms with Crippen LogP contribution in [0.5, 0.6) is 11.5 Å². The van der Waals surface area contributed by atoms with Gasteiger partial charge >= 0.3 is 0 Å². The smallest absolute Gasteiger partial charge is 0.133 e. The predicted molar refractivity (Wildman–Crippen MR) is 99.1 cm³/mol. The van der Waals surface area contributed by atoms with Crippen molar-refractivity contribution in [1.29, 1.82) is 0 Å². The molecule has 1 unspecified atom stereocenters. The lowest BCUT2D eigenvalue weighted by molar-refractivity contribution is 0.397. The van der Waals surface area contributed by atoms with Crippen molar-refractivity contribution in [3.05, 3.63) is 54.5 Å². The van der Waals surface area contributed by atoms with Crippen molar-refractivity contribution in [3.8, 4) is 11.5 Å². The fourth-order valence-electron chi connectivity index (χ4n) is 1.96. The lowest BCUT2D eigenvalue weighted by Gasteiger charge is -2.18. The highest BCUT2D eigenvalue weighted by atomic mass is 127. The van der Waals surface area contributed by atoms with E-state index in [0.29, 0.717) is 16.5 Å². The van der Waals surface area contributed by atoms with Crippen LogP contribution in [0.4, 0.5) is 0 Å². The van der Waals surface area contributed by atoms with Gasteiger partial charge in [-0.1, -0.05) is 11.6 Å². The molecule has 0 aliphatic heterocycles. The Morgan fingerprint density at radius 1 is 1.05 bits per heavy atom. The number of rotatable bonds is 4. The fourth-order valence-corrected chi connectivity index (χ4v) is 3.81. The van der Waals surface area contributed by atoms with Crippen LogP contribution in [0.15, 0.2) is 34.8 Å². The van der Waals surface area contributed by atoms with Crippen LogP contribution in [0.25, 0.3) is 0 Å². The quantitative estimate of drug-likeness (QED) is 0.375. The molecule has 6 heteroatoms. The molecule has 2 nitrogen and oxygen atoms in total. The van der Waals surface area contributed by atoms with E-state index in [2.05, 4.69) is 38.5 Å². The Hall–Kier alpha value is -0.170. The number of methoxy groups -OCH3 is 2. The Morgan fingerprint density at radius 3 is 2.33 bits per heavy atom. The molecule has 0 aliphatic rings. The van der Waals surface area contributed by atoms with Crippen LogP contribution in [-0.4, -0.2) is 14.2 Å². The van der Waals surface area contributed by atoms with Crippen LogP contribution in [-0.2, 0) is 0 Å². The van der Waals surface area contributed by atoms with Crippen molar-refractivity contribution < 1.29 is 9.47 Å². The highest BCUT2D eigenvalue weighted by Gasteiger charge is 2.21. The molecule has 0 saturated heterocycles. The summed E-state index contributed by atoms with van der Waals surface area (Å²) in [5.41, 5.74) is 1.77. The summed E-state index contributed by atoms with van der Waals surface area (Å²) in [4.78, 5) is 0. The zero-order chi connectivity index (χ0) is 15.6. The second-order valence-corrected chi connectivity index (χ2v) is 7.15. The molecule has 0 aromatic heterocycles. The number of alkyl halides is 1. The molecule has 0 fully saturated rings. The van der Waals surface area contributed by atoms with E-state index in [1.54, 1.807) is 14.2 Å². The van der Waals surface area contributed by atoms with Crippen molar-refractivity contribution in [2.24, 2.45) is 0 Å². The lowest BCUT2D eigenvalue weighted by Crippen LogP contribution is -2.01. The van der Waals surface area contributed by atoms with Gasteiger partial charge in [0.25, 0.3) is 0 Å². The Labute approximate surface area is 156 Å². The van der Waals surface area contributed by atoms with Gasteiger partial charge < -0.3 is 9.47 Å².